The molecule has 1 aromatic rings. The Hall–Kier alpha value is -1.37. The van der Waals surface area contributed by atoms with Crippen molar-refractivity contribution < 1.29 is 4.74 Å². The number of hydrogen-bond donors (Lipinski definition) is 1. The van der Waals surface area contributed by atoms with Crippen LogP contribution in [0.5, 0.6) is 0 Å². The van der Waals surface area contributed by atoms with Gasteiger partial charge >= 0.3 is 0 Å². The maximum atomic E-state index is 8.88. The zero-order chi connectivity index (χ0) is 10.6. The standard InChI is InChI=1S/C11H14N2O/c1-8-3-4-9(6-12)10(5-8)11(13)7-14-2/h3-5,11H,7,13H2,1-2H3/t11-/m1/s1. The summed E-state index contributed by atoms with van der Waals surface area (Å²) >= 11 is 0. The summed E-state index contributed by atoms with van der Waals surface area (Å²) in [6, 6.07) is 7.53. The molecule has 0 aromatic heterocycles. The van der Waals surface area contributed by atoms with Crippen molar-refractivity contribution in [1.29, 1.82) is 5.26 Å². The minimum atomic E-state index is -0.227. The molecule has 0 bridgehead atoms. The summed E-state index contributed by atoms with van der Waals surface area (Å²) in [5.74, 6) is 0. The summed E-state index contributed by atoms with van der Waals surface area (Å²) in [4.78, 5) is 0. The largest absolute Gasteiger partial charge is 0.383 e. The fourth-order valence-corrected chi connectivity index (χ4v) is 1.36. The maximum Gasteiger partial charge on any atom is 0.0995 e. The van der Waals surface area contributed by atoms with Crippen LogP contribution < -0.4 is 5.73 Å². The van der Waals surface area contributed by atoms with Gasteiger partial charge in [0.15, 0.2) is 0 Å². The van der Waals surface area contributed by atoms with E-state index in [4.69, 9.17) is 15.7 Å². The molecule has 0 fully saturated rings. The van der Waals surface area contributed by atoms with Crippen LogP contribution in [0.25, 0.3) is 0 Å². The lowest BCUT2D eigenvalue weighted by Crippen LogP contribution is -2.17. The highest BCUT2D eigenvalue weighted by atomic mass is 16.5. The molecule has 0 unspecified atom stereocenters. The Labute approximate surface area is 84.1 Å². The van der Waals surface area contributed by atoms with Gasteiger partial charge in [-0.1, -0.05) is 17.7 Å². The second kappa shape index (κ2) is 4.75. The number of nitrogens with two attached hydrogens (primary N) is 1. The zero-order valence-electron chi connectivity index (χ0n) is 8.45. The van der Waals surface area contributed by atoms with Crippen LogP contribution in [0.15, 0.2) is 18.2 Å². The fraction of sp³-hybridized carbons (Fsp3) is 0.364. The maximum absolute atomic E-state index is 8.88. The second-order valence-corrected chi connectivity index (χ2v) is 3.26. The van der Waals surface area contributed by atoms with Gasteiger partial charge in [0, 0.05) is 7.11 Å². The Morgan fingerprint density at radius 2 is 2.29 bits per heavy atom. The molecule has 0 radical (unpaired) electrons. The Morgan fingerprint density at radius 3 is 2.86 bits per heavy atom. The first kappa shape index (κ1) is 10.7. The molecule has 1 rings (SSSR count). The minimum Gasteiger partial charge on any atom is -0.383 e. The van der Waals surface area contributed by atoms with E-state index in [1.807, 2.05) is 19.1 Å². The summed E-state index contributed by atoms with van der Waals surface area (Å²) in [6.45, 7) is 2.41. The van der Waals surface area contributed by atoms with Crippen LogP contribution in [0.1, 0.15) is 22.7 Å². The summed E-state index contributed by atoms with van der Waals surface area (Å²) < 4.78 is 4.96. The summed E-state index contributed by atoms with van der Waals surface area (Å²) in [5.41, 5.74) is 8.46. The number of methoxy groups -OCH3 is 1. The lowest BCUT2D eigenvalue weighted by Gasteiger charge is -2.12. The third-order valence-electron chi connectivity index (χ3n) is 2.07. The van der Waals surface area contributed by atoms with Crippen molar-refractivity contribution in [3.8, 4) is 6.07 Å². The van der Waals surface area contributed by atoms with Crippen LogP contribution in [0.2, 0.25) is 0 Å². The van der Waals surface area contributed by atoms with Gasteiger partial charge in [-0.25, -0.2) is 0 Å². The van der Waals surface area contributed by atoms with Crippen LogP contribution in [0, 0.1) is 18.3 Å². The highest BCUT2D eigenvalue weighted by Gasteiger charge is 2.10. The minimum absolute atomic E-state index is 0.227. The van der Waals surface area contributed by atoms with Gasteiger partial charge in [0.25, 0.3) is 0 Å². The van der Waals surface area contributed by atoms with Gasteiger partial charge in [0.1, 0.15) is 0 Å². The van der Waals surface area contributed by atoms with Crippen LogP contribution in [0.4, 0.5) is 0 Å². The Balaban J connectivity index is 3.05. The van der Waals surface area contributed by atoms with Crippen LogP contribution in [-0.4, -0.2) is 13.7 Å². The summed E-state index contributed by atoms with van der Waals surface area (Å²) in [7, 11) is 1.60. The molecule has 0 aliphatic carbocycles. The quantitative estimate of drug-likeness (QED) is 0.786. The average molecular weight is 190 g/mol. The number of hydrogen-bond acceptors (Lipinski definition) is 3. The van der Waals surface area contributed by atoms with E-state index in [2.05, 4.69) is 6.07 Å². The third-order valence-corrected chi connectivity index (χ3v) is 2.07. The molecule has 0 heterocycles. The van der Waals surface area contributed by atoms with Crippen LogP contribution in [-0.2, 0) is 4.74 Å². The van der Waals surface area contributed by atoms with Gasteiger partial charge in [0.05, 0.1) is 24.3 Å². The molecular weight excluding hydrogens is 176 g/mol. The molecule has 1 aromatic carbocycles. The molecule has 2 N–H and O–H groups in total. The van der Waals surface area contributed by atoms with E-state index in [9.17, 15) is 0 Å². The number of nitrogens with zero attached hydrogens (tertiary/aromatic N) is 1. The Morgan fingerprint density at radius 1 is 1.57 bits per heavy atom. The van der Waals surface area contributed by atoms with E-state index in [-0.39, 0.29) is 6.04 Å². The number of ether oxygens (including phenoxy) is 1. The molecule has 14 heavy (non-hydrogen) atoms. The van der Waals surface area contributed by atoms with Gasteiger partial charge < -0.3 is 10.5 Å². The molecule has 74 valence electrons. The van der Waals surface area contributed by atoms with E-state index in [0.29, 0.717) is 12.2 Å². The van der Waals surface area contributed by atoms with Crippen LogP contribution >= 0.6 is 0 Å². The van der Waals surface area contributed by atoms with Crippen molar-refractivity contribution in [2.45, 2.75) is 13.0 Å². The molecule has 0 saturated carbocycles. The summed E-state index contributed by atoms with van der Waals surface area (Å²) in [6.07, 6.45) is 0. The molecular formula is C11H14N2O. The topological polar surface area (TPSA) is 59.0 Å². The molecule has 0 saturated heterocycles. The van der Waals surface area contributed by atoms with Crippen molar-refractivity contribution in [2.75, 3.05) is 13.7 Å². The highest BCUT2D eigenvalue weighted by Crippen LogP contribution is 2.17. The lowest BCUT2D eigenvalue weighted by molar-refractivity contribution is 0.181. The zero-order valence-corrected chi connectivity index (χ0v) is 8.45. The Kier molecular flexibility index (Phi) is 3.63. The Bertz CT molecular complexity index is 355. The molecule has 0 aliphatic heterocycles. The van der Waals surface area contributed by atoms with E-state index in [1.54, 1.807) is 13.2 Å². The molecule has 1 atom stereocenters. The number of rotatable bonds is 3. The van der Waals surface area contributed by atoms with Gasteiger partial charge in [0.2, 0.25) is 0 Å². The first-order valence-corrected chi connectivity index (χ1v) is 4.44. The number of benzene rings is 1. The molecule has 3 heteroatoms. The highest BCUT2D eigenvalue weighted by molar-refractivity contribution is 5.41. The van der Waals surface area contributed by atoms with E-state index < -0.39 is 0 Å². The van der Waals surface area contributed by atoms with Crippen molar-refractivity contribution in [1.82, 2.24) is 0 Å². The van der Waals surface area contributed by atoms with Crippen molar-refractivity contribution in [2.24, 2.45) is 5.73 Å². The predicted molar refractivity (Wildman–Crippen MR) is 54.7 cm³/mol. The van der Waals surface area contributed by atoms with Crippen molar-refractivity contribution in [3.63, 3.8) is 0 Å². The lowest BCUT2D eigenvalue weighted by atomic mass is 10.00. The van der Waals surface area contributed by atoms with Crippen molar-refractivity contribution in [3.05, 3.63) is 34.9 Å². The van der Waals surface area contributed by atoms with Gasteiger partial charge in [-0.3, -0.25) is 0 Å². The summed E-state index contributed by atoms with van der Waals surface area (Å²) in [5, 5.41) is 8.88. The third kappa shape index (κ3) is 2.32. The normalized spacial score (nSPS) is 12.1. The van der Waals surface area contributed by atoms with Gasteiger partial charge in [-0.05, 0) is 18.6 Å². The van der Waals surface area contributed by atoms with Crippen molar-refractivity contribution >= 4 is 0 Å². The number of aryl methyl sites for hydroxylation is 1. The fourth-order valence-electron chi connectivity index (χ4n) is 1.36. The predicted octanol–water partition coefficient (Wildman–Crippen LogP) is 1.51. The van der Waals surface area contributed by atoms with E-state index in [0.717, 1.165) is 11.1 Å². The van der Waals surface area contributed by atoms with Gasteiger partial charge in [-0.15, -0.1) is 0 Å². The molecule has 0 spiro atoms. The number of nitriles is 1. The smallest absolute Gasteiger partial charge is 0.0995 e. The monoisotopic (exact) mass is 190 g/mol. The second-order valence-electron chi connectivity index (χ2n) is 3.26. The molecule has 3 nitrogen and oxygen atoms in total. The van der Waals surface area contributed by atoms with E-state index >= 15 is 0 Å². The van der Waals surface area contributed by atoms with Gasteiger partial charge in [-0.2, -0.15) is 5.26 Å². The van der Waals surface area contributed by atoms with E-state index in [1.165, 1.54) is 0 Å². The SMILES string of the molecule is COC[C@@H](N)c1cc(C)ccc1C#N. The average Bonchev–Trinajstić information content (AvgIpc) is 2.18. The molecule has 0 aliphatic rings. The first-order valence-electron chi connectivity index (χ1n) is 4.44. The first-order chi connectivity index (χ1) is 6.69. The van der Waals surface area contributed by atoms with Crippen LogP contribution in [0.3, 0.4) is 0 Å². The molecule has 0 amide bonds.